The molecule has 2 aliphatic rings. The molecule has 5 rings (SSSR count). The molecule has 0 aliphatic carbocycles. The van der Waals surface area contributed by atoms with Crippen molar-refractivity contribution >= 4 is 36.1 Å². The Balaban J connectivity index is 1.84. The van der Waals surface area contributed by atoms with Crippen LogP contribution >= 0.6 is 0 Å². The molecule has 0 amide bonds. The maximum Gasteiger partial charge on any atom is 0.343 e. The van der Waals surface area contributed by atoms with Crippen LogP contribution in [0.2, 0.25) is 18.6 Å². The summed E-state index contributed by atoms with van der Waals surface area (Å²) < 4.78 is 12.3. The van der Waals surface area contributed by atoms with E-state index in [4.69, 9.17) is 14.5 Å². The minimum atomic E-state index is -2.19. The zero-order chi connectivity index (χ0) is 27.7. The maximum atomic E-state index is 13.7. The highest BCUT2D eigenvalue weighted by Gasteiger charge is 2.46. The average Bonchev–Trinajstić information content (AvgIpc) is 3.22. The third-order valence-electron chi connectivity index (χ3n) is 8.70. The lowest BCUT2D eigenvalue weighted by Gasteiger charge is -2.35. The van der Waals surface area contributed by atoms with Crippen molar-refractivity contribution in [1.82, 2.24) is 9.55 Å². The van der Waals surface area contributed by atoms with Gasteiger partial charge in [0.25, 0.3) is 5.56 Å². The summed E-state index contributed by atoms with van der Waals surface area (Å²) in [7, 11) is -2.19. The molecule has 0 saturated carbocycles. The van der Waals surface area contributed by atoms with Crippen LogP contribution in [0.1, 0.15) is 57.7 Å². The van der Waals surface area contributed by atoms with Crippen LogP contribution < -0.4 is 15.5 Å². The van der Waals surface area contributed by atoms with E-state index in [0.29, 0.717) is 46.3 Å². The predicted octanol–water partition coefficient (Wildman–Crippen LogP) is 3.97. The topological polar surface area (TPSA) is 108 Å². The zero-order valence-corrected chi connectivity index (χ0v) is 24.0. The number of rotatable bonds is 5. The lowest BCUT2D eigenvalue weighted by molar-refractivity contribution is -0.172. The van der Waals surface area contributed by atoms with Gasteiger partial charge in [-0.3, -0.25) is 9.59 Å². The lowest BCUT2D eigenvalue weighted by atomic mass is 9.86. The van der Waals surface area contributed by atoms with Crippen molar-refractivity contribution in [3.05, 3.63) is 51.3 Å². The molecular formula is C29H34N2O6Si. The fourth-order valence-corrected chi connectivity index (χ4v) is 10.1. The van der Waals surface area contributed by atoms with Crippen LogP contribution in [0.25, 0.3) is 22.3 Å². The third-order valence-corrected chi connectivity index (χ3v) is 13.5. The molecule has 2 atom stereocenters. The number of ether oxygens (including phenoxy) is 2. The van der Waals surface area contributed by atoms with E-state index in [0.717, 1.165) is 16.5 Å². The molecule has 1 N–H and O–H groups in total. The predicted molar refractivity (Wildman–Crippen MR) is 147 cm³/mol. The zero-order valence-electron chi connectivity index (χ0n) is 23.0. The molecular weight excluding hydrogens is 500 g/mol. The summed E-state index contributed by atoms with van der Waals surface area (Å²) in [4.78, 5) is 43.0. The van der Waals surface area contributed by atoms with Crippen molar-refractivity contribution in [2.45, 2.75) is 78.4 Å². The number of fused-ring (bicyclic) bond motifs is 5. The van der Waals surface area contributed by atoms with Crippen molar-refractivity contribution < 1.29 is 24.2 Å². The normalized spacial score (nSPS) is 19.1. The monoisotopic (exact) mass is 534 g/mol. The van der Waals surface area contributed by atoms with Gasteiger partial charge in [0.05, 0.1) is 37.1 Å². The van der Waals surface area contributed by atoms with E-state index in [1.807, 2.05) is 12.1 Å². The van der Waals surface area contributed by atoms with Crippen LogP contribution in [0.15, 0.2) is 29.1 Å². The molecule has 1 aromatic carbocycles. The van der Waals surface area contributed by atoms with Gasteiger partial charge in [-0.15, -0.1) is 0 Å². The molecule has 0 radical (unpaired) electrons. The SMILES string of the molecule is CC[C@@]1(O)C(=O)OCc2c1cc1n(c2=O)Cc2c-1nc1ccc(OC(C)=O)cc1c2[Si](C)(C)C(C)C(C)C. The molecule has 3 aromatic rings. The van der Waals surface area contributed by atoms with Gasteiger partial charge < -0.3 is 19.1 Å². The standard InChI is InChI=1S/C29H34N2O6Si/c1-8-29(35)22-12-24-25-20(13-31(24)27(33)21(22)14-36-28(29)34)26(38(6,7)16(4)15(2)3)19-11-18(37-17(5)32)9-10-23(19)30-25/h9-12,15-16,35H,8,13-14H2,1-7H3/t16?,29-/m0/s1. The summed E-state index contributed by atoms with van der Waals surface area (Å²) >= 11 is 0. The van der Waals surface area contributed by atoms with Gasteiger partial charge in [-0.05, 0) is 52.9 Å². The second-order valence-corrected chi connectivity index (χ2v) is 16.3. The molecule has 200 valence electrons. The number of pyridine rings is 2. The lowest BCUT2D eigenvalue weighted by Crippen LogP contribution is -2.49. The Morgan fingerprint density at radius 2 is 1.92 bits per heavy atom. The molecule has 0 bridgehead atoms. The molecule has 2 aromatic heterocycles. The van der Waals surface area contributed by atoms with Gasteiger partial charge in [-0.25, -0.2) is 9.78 Å². The van der Waals surface area contributed by atoms with E-state index in [2.05, 4.69) is 33.9 Å². The average molecular weight is 535 g/mol. The number of hydrogen-bond donors (Lipinski definition) is 1. The van der Waals surface area contributed by atoms with Gasteiger partial charge in [0, 0.05) is 17.9 Å². The molecule has 2 aliphatic heterocycles. The van der Waals surface area contributed by atoms with Gasteiger partial charge in [0.2, 0.25) is 0 Å². The van der Waals surface area contributed by atoms with Crippen LogP contribution in [0.4, 0.5) is 0 Å². The summed E-state index contributed by atoms with van der Waals surface area (Å²) in [5.74, 6) is -0.230. The molecule has 4 heterocycles. The highest BCUT2D eigenvalue weighted by Crippen LogP contribution is 2.41. The Morgan fingerprint density at radius 1 is 1.21 bits per heavy atom. The van der Waals surface area contributed by atoms with Crippen LogP contribution in [0.3, 0.4) is 0 Å². The summed E-state index contributed by atoms with van der Waals surface area (Å²) in [6.45, 7) is 14.7. The van der Waals surface area contributed by atoms with Crippen molar-refractivity contribution in [1.29, 1.82) is 0 Å². The Hall–Kier alpha value is -3.30. The Bertz CT molecular complexity index is 1570. The molecule has 9 heteroatoms. The van der Waals surface area contributed by atoms with Crippen molar-refractivity contribution in [3.8, 4) is 17.1 Å². The van der Waals surface area contributed by atoms with Gasteiger partial charge in [-0.2, -0.15) is 0 Å². The fraction of sp³-hybridized carbons (Fsp3) is 0.448. The second-order valence-electron chi connectivity index (χ2n) is 11.4. The quantitative estimate of drug-likeness (QED) is 0.235. The maximum absolute atomic E-state index is 13.7. The Labute approximate surface area is 222 Å². The number of cyclic esters (lactones) is 1. The molecule has 0 fully saturated rings. The second kappa shape index (κ2) is 8.88. The van der Waals surface area contributed by atoms with Gasteiger partial charge >= 0.3 is 11.9 Å². The fourth-order valence-electron chi connectivity index (χ4n) is 6.08. The first-order chi connectivity index (χ1) is 17.8. The minimum Gasteiger partial charge on any atom is -0.458 e. The third kappa shape index (κ3) is 3.74. The molecule has 1 unspecified atom stereocenters. The Morgan fingerprint density at radius 3 is 2.55 bits per heavy atom. The largest absolute Gasteiger partial charge is 0.458 e. The van der Waals surface area contributed by atoms with Crippen LogP contribution in [0, 0.1) is 5.92 Å². The van der Waals surface area contributed by atoms with E-state index in [-0.39, 0.29) is 18.6 Å². The van der Waals surface area contributed by atoms with Gasteiger partial charge in [0.1, 0.15) is 12.4 Å². The smallest absolute Gasteiger partial charge is 0.343 e. The number of carbonyl (C=O) groups is 2. The molecule has 0 saturated heterocycles. The first kappa shape index (κ1) is 26.3. The highest BCUT2D eigenvalue weighted by atomic mass is 28.3. The number of nitrogens with zero attached hydrogens (tertiary/aromatic N) is 2. The summed E-state index contributed by atoms with van der Waals surface area (Å²) in [6, 6.07) is 7.22. The number of aromatic nitrogens is 2. The van der Waals surface area contributed by atoms with Crippen LogP contribution in [0.5, 0.6) is 5.75 Å². The van der Waals surface area contributed by atoms with Crippen molar-refractivity contribution in [2.24, 2.45) is 5.92 Å². The van der Waals surface area contributed by atoms with E-state index in [1.54, 1.807) is 23.6 Å². The van der Waals surface area contributed by atoms with E-state index in [1.165, 1.54) is 12.1 Å². The highest BCUT2D eigenvalue weighted by molar-refractivity contribution is 6.93. The number of hydrogen-bond acceptors (Lipinski definition) is 7. The molecule has 8 nitrogen and oxygen atoms in total. The minimum absolute atomic E-state index is 0.0930. The number of esters is 2. The Kier molecular flexibility index (Phi) is 6.15. The van der Waals surface area contributed by atoms with Gasteiger partial charge in [0.15, 0.2) is 5.60 Å². The first-order valence-electron chi connectivity index (χ1n) is 13.1. The molecule has 0 spiro atoms. The van der Waals surface area contributed by atoms with Gasteiger partial charge in [-0.1, -0.05) is 40.8 Å². The molecule has 38 heavy (non-hydrogen) atoms. The summed E-state index contributed by atoms with van der Waals surface area (Å²) in [5, 5.41) is 13.3. The van der Waals surface area contributed by atoms with Crippen molar-refractivity contribution in [3.63, 3.8) is 0 Å². The van der Waals surface area contributed by atoms with Crippen LogP contribution in [-0.2, 0) is 33.1 Å². The number of benzene rings is 1. The summed E-state index contributed by atoms with van der Waals surface area (Å²) in [6.07, 6.45) is 0.0930. The summed E-state index contributed by atoms with van der Waals surface area (Å²) in [5.41, 5.74) is 1.89. The van der Waals surface area contributed by atoms with E-state index in [9.17, 15) is 19.5 Å². The first-order valence-corrected chi connectivity index (χ1v) is 16.2. The van der Waals surface area contributed by atoms with Crippen LogP contribution in [-0.4, -0.2) is 34.7 Å². The van der Waals surface area contributed by atoms with E-state index < -0.39 is 25.6 Å². The van der Waals surface area contributed by atoms with E-state index >= 15 is 0 Å². The number of carbonyl (C=O) groups excluding carboxylic acids is 2. The van der Waals surface area contributed by atoms with Crippen molar-refractivity contribution in [2.75, 3.05) is 0 Å². The number of aliphatic hydroxyl groups is 1.